The molecular weight excluding hydrogens is 300 g/mol. The second-order valence-corrected chi connectivity index (χ2v) is 6.82. The number of rotatable bonds is 4. The van der Waals surface area contributed by atoms with Crippen LogP contribution in [0.2, 0.25) is 0 Å². The zero-order chi connectivity index (χ0) is 17.2. The second kappa shape index (κ2) is 6.39. The predicted molar refractivity (Wildman–Crippen MR) is 94.5 cm³/mol. The molecular formula is C18H22N6. The van der Waals surface area contributed by atoms with Crippen LogP contribution in [0, 0.1) is 6.92 Å². The van der Waals surface area contributed by atoms with Gasteiger partial charge >= 0.3 is 0 Å². The number of anilines is 1. The van der Waals surface area contributed by atoms with E-state index in [-0.39, 0.29) is 5.54 Å². The highest BCUT2D eigenvalue weighted by Crippen LogP contribution is 2.20. The average molecular weight is 322 g/mol. The maximum Gasteiger partial charge on any atom is 0.193 e. The standard InChI is InChI=1S/C18H22N6/c1-13-6-5-7-14(10-13)15-8-9-16(19-11-15)20-12-17-21-23-24(22-17)18(2,3)4/h5-11H,12H2,1-4H3,(H,19,20). The van der Waals surface area contributed by atoms with Crippen LogP contribution in [0.15, 0.2) is 42.6 Å². The predicted octanol–water partition coefficient (Wildman–Crippen LogP) is 3.41. The van der Waals surface area contributed by atoms with E-state index in [1.165, 1.54) is 11.1 Å². The van der Waals surface area contributed by atoms with Crippen molar-refractivity contribution in [1.29, 1.82) is 0 Å². The van der Waals surface area contributed by atoms with Crippen molar-refractivity contribution in [3.8, 4) is 11.1 Å². The van der Waals surface area contributed by atoms with E-state index in [1.54, 1.807) is 4.80 Å². The third-order valence-electron chi connectivity index (χ3n) is 3.60. The van der Waals surface area contributed by atoms with Gasteiger partial charge in [0.2, 0.25) is 0 Å². The van der Waals surface area contributed by atoms with Gasteiger partial charge in [0.25, 0.3) is 0 Å². The first-order valence-electron chi connectivity index (χ1n) is 7.98. The maximum atomic E-state index is 4.46. The van der Waals surface area contributed by atoms with E-state index in [9.17, 15) is 0 Å². The lowest BCUT2D eigenvalue weighted by molar-refractivity contribution is 0.305. The Morgan fingerprint density at radius 3 is 2.54 bits per heavy atom. The van der Waals surface area contributed by atoms with E-state index in [0.29, 0.717) is 12.4 Å². The van der Waals surface area contributed by atoms with Crippen molar-refractivity contribution in [2.75, 3.05) is 5.32 Å². The van der Waals surface area contributed by atoms with Crippen molar-refractivity contribution >= 4 is 5.82 Å². The molecule has 0 fully saturated rings. The van der Waals surface area contributed by atoms with Gasteiger partial charge in [-0.15, -0.1) is 10.2 Å². The number of nitrogens with zero attached hydrogens (tertiary/aromatic N) is 5. The summed E-state index contributed by atoms with van der Waals surface area (Å²) >= 11 is 0. The lowest BCUT2D eigenvalue weighted by Crippen LogP contribution is -2.24. The van der Waals surface area contributed by atoms with Crippen molar-refractivity contribution in [3.05, 3.63) is 54.0 Å². The van der Waals surface area contributed by atoms with Crippen molar-refractivity contribution in [2.24, 2.45) is 0 Å². The van der Waals surface area contributed by atoms with Crippen LogP contribution in [-0.2, 0) is 12.1 Å². The van der Waals surface area contributed by atoms with Gasteiger partial charge in [0.05, 0.1) is 12.1 Å². The molecule has 1 aromatic carbocycles. The summed E-state index contributed by atoms with van der Waals surface area (Å²) in [5.41, 5.74) is 3.34. The summed E-state index contributed by atoms with van der Waals surface area (Å²) in [6.45, 7) is 8.70. The maximum absolute atomic E-state index is 4.46. The van der Waals surface area contributed by atoms with Crippen molar-refractivity contribution in [3.63, 3.8) is 0 Å². The number of hydrogen-bond donors (Lipinski definition) is 1. The van der Waals surface area contributed by atoms with Gasteiger partial charge in [0.15, 0.2) is 5.82 Å². The van der Waals surface area contributed by atoms with Crippen molar-refractivity contribution in [1.82, 2.24) is 25.2 Å². The first-order valence-corrected chi connectivity index (χ1v) is 7.98. The molecule has 0 saturated heterocycles. The molecule has 0 aliphatic carbocycles. The monoisotopic (exact) mass is 322 g/mol. The largest absolute Gasteiger partial charge is 0.363 e. The summed E-state index contributed by atoms with van der Waals surface area (Å²) in [7, 11) is 0. The molecule has 0 radical (unpaired) electrons. The van der Waals surface area contributed by atoms with Crippen LogP contribution in [0.1, 0.15) is 32.2 Å². The summed E-state index contributed by atoms with van der Waals surface area (Å²) < 4.78 is 0. The smallest absolute Gasteiger partial charge is 0.193 e. The molecule has 24 heavy (non-hydrogen) atoms. The summed E-state index contributed by atoms with van der Waals surface area (Å²) in [6.07, 6.45) is 1.87. The molecule has 6 heteroatoms. The zero-order valence-corrected chi connectivity index (χ0v) is 14.5. The molecule has 0 atom stereocenters. The quantitative estimate of drug-likeness (QED) is 0.797. The van der Waals surface area contributed by atoms with Crippen LogP contribution < -0.4 is 5.32 Å². The van der Waals surface area contributed by atoms with Crippen molar-refractivity contribution in [2.45, 2.75) is 39.8 Å². The molecule has 0 bridgehead atoms. The van der Waals surface area contributed by atoms with E-state index < -0.39 is 0 Å². The third kappa shape index (κ3) is 3.76. The van der Waals surface area contributed by atoms with Gasteiger partial charge in [-0.3, -0.25) is 0 Å². The Morgan fingerprint density at radius 1 is 1.08 bits per heavy atom. The molecule has 3 rings (SSSR count). The molecule has 3 aromatic rings. The fraction of sp³-hybridized carbons (Fsp3) is 0.333. The van der Waals surface area contributed by atoms with Crippen LogP contribution in [0.3, 0.4) is 0 Å². The third-order valence-corrected chi connectivity index (χ3v) is 3.60. The Kier molecular flexibility index (Phi) is 4.29. The highest BCUT2D eigenvalue weighted by Gasteiger charge is 2.16. The van der Waals surface area contributed by atoms with Gasteiger partial charge in [-0.2, -0.15) is 4.80 Å². The molecule has 1 N–H and O–H groups in total. The number of aryl methyl sites for hydroxylation is 1. The molecule has 2 aromatic heterocycles. The number of hydrogen-bond acceptors (Lipinski definition) is 5. The lowest BCUT2D eigenvalue weighted by Gasteiger charge is -2.15. The molecule has 6 nitrogen and oxygen atoms in total. The summed E-state index contributed by atoms with van der Waals surface area (Å²) in [5.74, 6) is 1.44. The number of nitrogens with one attached hydrogen (secondary N) is 1. The minimum atomic E-state index is -0.168. The highest BCUT2D eigenvalue weighted by molar-refractivity contribution is 5.64. The Balaban J connectivity index is 1.65. The van der Waals surface area contributed by atoms with Crippen LogP contribution in [0.4, 0.5) is 5.82 Å². The minimum absolute atomic E-state index is 0.168. The fourth-order valence-corrected chi connectivity index (χ4v) is 2.26. The van der Waals surface area contributed by atoms with Gasteiger partial charge in [-0.05, 0) is 50.6 Å². The van der Waals surface area contributed by atoms with Crippen LogP contribution in [0.5, 0.6) is 0 Å². The Morgan fingerprint density at radius 2 is 1.92 bits per heavy atom. The molecule has 2 heterocycles. The first-order chi connectivity index (χ1) is 11.4. The number of tetrazole rings is 1. The molecule has 0 unspecified atom stereocenters. The normalized spacial score (nSPS) is 11.5. The second-order valence-electron chi connectivity index (χ2n) is 6.82. The minimum Gasteiger partial charge on any atom is -0.363 e. The van der Waals surface area contributed by atoms with Crippen LogP contribution >= 0.6 is 0 Å². The lowest BCUT2D eigenvalue weighted by atomic mass is 10.1. The SMILES string of the molecule is Cc1cccc(-c2ccc(NCc3nnn(C(C)(C)C)n3)nc2)c1. The molecule has 0 spiro atoms. The van der Waals surface area contributed by atoms with Gasteiger partial charge in [-0.1, -0.05) is 29.8 Å². The van der Waals surface area contributed by atoms with E-state index in [2.05, 4.69) is 63.0 Å². The Labute approximate surface area is 141 Å². The van der Waals surface area contributed by atoms with E-state index in [1.807, 2.05) is 33.0 Å². The highest BCUT2D eigenvalue weighted by atomic mass is 15.6. The Bertz CT molecular complexity index is 814. The number of pyridine rings is 1. The van der Waals surface area contributed by atoms with Gasteiger partial charge in [-0.25, -0.2) is 4.98 Å². The van der Waals surface area contributed by atoms with E-state index >= 15 is 0 Å². The average Bonchev–Trinajstić information content (AvgIpc) is 3.03. The van der Waals surface area contributed by atoms with E-state index in [0.717, 1.165) is 11.4 Å². The van der Waals surface area contributed by atoms with Crippen LogP contribution in [-0.4, -0.2) is 25.2 Å². The van der Waals surface area contributed by atoms with Crippen LogP contribution in [0.25, 0.3) is 11.1 Å². The molecule has 0 aliphatic heterocycles. The van der Waals surface area contributed by atoms with Gasteiger partial charge in [0, 0.05) is 11.8 Å². The summed E-state index contributed by atoms with van der Waals surface area (Å²) in [4.78, 5) is 6.08. The topological polar surface area (TPSA) is 68.5 Å². The number of aromatic nitrogens is 5. The zero-order valence-electron chi connectivity index (χ0n) is 14.5. The fourth-order valence-electron chi connectivity index (χ4n) is 2.26. The molecule has 124 valence electrons. The van der Waals surface area contributed by atoms with Gasteiger partial charge in [0.1, 0.15) is 5.82 Å². The summed E-state index contributed by atoms with van der Waals surface area (Å²) in [5, 5.41) is 15.7. The van der Waals surface area contributed by atoms with Gasteiger partial charge < -0.3 is 5.32 Å². The molecule has 0 saturated carbocycles. The van der Waals surface area contributed by atoms with E-state index in [4.69, 9.17) is 0 Å². The Hall–Kier alpha value is -2.76. The number of benzene rings is 1. The molecule has 0 amide bonds. The van der Waals surface area contributed by atoms with Crippen molar-refractivity contribution < 1.29 is 0 Å². The summed E-state index contributed by atoms with van der Waals surface area (Å²) in [6, 6.07) is 12.4. The first kappa shape index (κ1) is 16.1. The molecule has 0 aliphatic rings.